The van der Waals surface area contributed by atoms with Gasteiger partial charge in [-0.05, 0) is 43.5 Å². The number of hydrogen-bond acceptors (Lipinski definition) is 5. The first-order valence-corrected chi connectivity index (χ1v) is 10.3. The number of nitrogens with one attached hydrogen (secondary N) is 3. The van der Waals surface area contributed by atoms with E-state index in [1.54, 1.807) is 24.3 Å². The summed E-state index contributed by atoms with van der Waals surface area (Å²) in [6, 6.07) is 10.1. The molecule has 3 N–H and O–H groups in total. The van der Waals surface area contributed by atoms with Gasteiger partial charge >= 0.3 is 0 Å². The maximum atomic E-state index is 12.6. The predicted molar refractivity (Wildman–Crippen MR) is 105 cm³/mol. The summed E-state index contributed by atoms with van der Waals surface area (Å²) in [4.78, 5) is 28.5. The predicted octanol–water partition coefficient (Wildman–Crippen LogP) is 1.54. The van der Waals surface area contributed by atoms with Crippen LogP contribution < -0.4 is 15.6 Å². The molecule has 1 unspecified atom stereocenters. The molecule has 0 aliphatic carbocycles. The molecule has 0 saturated carbocycles. The highest BCUT2D eigenvalue weighted by atomic mass is 32.2. The van der Waals surface area contributed by atoms with Gasteiger partial charge in [-0.2, -0.15) is 4.72 Å². The van der Waals surface area contributed by atoms with Crippen molar-refractivity contribution in [2.75, 3.05) is 0 Å². The Hall–Kier alpha value is -2.78. The summed E-state index contributed by atoms with van der Waals surface area (Å²) >= 11 is 0. The average Bonchev–Trinajstić information content (AvgIpc) is 2.65. The van der Waals surface area contributed by atoms with Crippen molar-refractivity contribution in [1.82, 2.24) is 20.6 Å². The van der Waals surface area contributed by atoms with Crippen LogP contribution in [0.1, 0.15) is 36.3 Å². The number of amides is 2. The van der Waals surface area contributed by atoms with Gasteiger partial charge in [0.05, 0.1) is 4.90 Å². The molecule has 0 radical (unpaired) electrons. The van der Waals surface area contributed by atoms with Crippen LogP contribution in [-0.4, -0.2) is 31.3 Å². The third-order valence-corrected chi connectivity index (χ3v) is 5.34. The van der Waals surface area contributed by atoms with Crippen LogP contribution >= 0.6 is 0 Å². The van der Waals surface area contributed by atoms with Crippen LogP contribution in [0.4, 0.5) is 0 Å². The van der Waals surface area contributed by atoms with Gasteiger partial charge in [0.2, 0.25) is 10.0 Å². The van der Waals surface area contributed by atoms with Crippen LogP contribution in [0.25, 0.3) is 0 Å². The van der Waals surface area contributed by atoms with Crippen LogP contribution in [0.5, 0.6) is 0 Å². The highest BCUT2D eigenvalue weighted by Crippen LogP contribution is 2.13. The van der Waals surface area contributed by atoms with E-state index in [0.29, 0.717) is 0 Å². The molecule has 150 valence electrons. The van der Waals surface area contributed by atoms with E-state index in [2.05, 4.69) is 20.6 Å². The van der Waals surface area contributed by atoms with Crippen molar-refractivity contribution < 1.29 is 18.0 Å². The quantitative estimate of drug-likeness (QED) is 0.605. The maximum Gasteiger partial charge on any atom is 0.288 e. The molecule has 2 amide bonds. The summed E-state index contributed by atoms with van der Waals surface area (Å²) in [6.45, 7) is 5.59. The van der Waals surface area contributed by atoms with Crippen LogP contribution in [0.15, 0.2) is 53.6 Å². The van der Waals surface area contributed by atoms with Gasteiger partial charge in [-0.15, -0.1) is 0 Å². The Morgan fingerprint density at radius 2 is 1.71 bits per heavy atom. The second kappa shape index (κ2) is 9.43. The molecule has 0 fully saturated rings. The molecule has 0 spiro atoms. The van der Waals surface area contributed by atoms with Crippen LogP contribution in [0.2, 0.25) is 0 Å². The largest absolute Gasteiger partial charge is 0.288 e. The zero-order chi connectivity index (χ0) is 20.7. The molecule has 9 heteroatoms. The molecule has 0 aliphatic heterocycles. The second-order valence-corrected chi connectivity index (χ2v) is 8.49. The Bertz CT molecular complexity index is 913. The number of rotatable bonds is 7. The fourth-order valence-corrected chi connectivity index (χ4v) is 3.63. The van der Waals surface area contributed by atoms with Crippen LogP contribution in [0, 0.1) is 12.8 Å². The Kier molecular flexibility index (Phi) is 7.24. The Morgan fingerprint density at radius 3 is 2.29 bits per heavy atom. The molecular formula is C19H24N4O4S. The third-order valence-electron chi connectivity index (χ3n) is 3.85. The standard InChI is InChI=1S/C19H24N4O4S/c1-13(2)12-17(23-28(26,27)15-9-7-14(3)8-10-15)19(25)22-21-18(24)16-6-4-5-11-20-16/h4-11,13,17,23H,12H2,1-3H3,(H,21,24)(H,22,25). The van der Waals surface area contributed by atoms with Gasteiger partial charge in [0.1, 0.15) is 11.7 Å². The van der Waals surface area contributed by atoms with E-state index in [1.807, 2.05) is 20.8 Å². The highest BCUT2D eigenvalue weighted by molar-refractivity contribution is 7.89. The molecular weight excluding hydrogens is 380 g/mol. The molecule has 1 aromatic carbocycles. The lowest BCUT2D eigenvalue weighted by Gasteiger charge is -2.20. The smallest absolute Gasteiger partial charge is 0.271 e. The van der Waals surface area contributed by atoms with E-state index >= 15 is 0 Å². The van der Waals surface area contributed by atoms with Crippen LogP contribution in [-0.2, 0) is 14.8 Å². The third kappa shape index (κ3) is 6.14. The van der Waals surface area contributed by atoms with E-state index in [9.17, 15) is 18.0 Å². The van der Waals surface area contributed by atoms with Crippen LogP contribution in [0.3, 0.4) is 0 Å². The average molecular weight is 404 g/mol. The number of carbonyl (C=O) groups excluding carboxylic acids is 2. The lowest BCUT2D eigenvalue weighted by atomic mass is 10.0. The molecule has 0 bridgehead atoms. The molecule has 0 saturated heterocycles. The summed E-state index contributed by atoms with van der Waals surface area (Å²) < 4.78 is 27.6. The van der Waals surface area contributed by atoms with Crippen molar-refractivity contribution in [1.29, 1.82) is 0 Å². The summed E-state index contributed by atoms with van der Waals surface area (Å²) in [7, 11) is -3.89. The number of pyridine rings is 1. The maximum absolute atomic E-state index is 12.6. The normalized spacial score (nSPS) is 12.4. The van der Waals surface area contributed by atoms with E-state index in [0.717, 1.165) is 5.56 Å². The van der Waals surface area contributed by atoms with Crippen molar-refractivity contribution in [2.45, 2.75) is 38.1 Å². The highest BCUT2D eigenvalue weighted by Gasteiger charge is 2.27. The minimum atomic E-state index is -3.89. The van der Waals surface area contributed by atoms with Crippen molar-refractivity contribution in [2.24, 2.45) is 5.92 Å². The topological polar surface area (TPSA) is 117 Å². The van der Waals surface area contributed by atoms with Gasteiger partial charge < -0.3 is 0 Å². The lowest BCUT2D eigenvalue weighted by molar-refractivity contribution is -0.123. The molecule has 8 nitrogen and oxygen atoms in total. The number of benzene rings is 1. The Balaban J connectivity index is 2.08. The summed E-state index contributed by atoms with van der Waals surface area (Å²) in [5.74, 6) is -1.21. The first-order valence-electron chi connectivity index (χ1n) is 8.79. The van der Waals surface area contributed by atoms with E-state index < -0.39 is 27.9 Å². The van der Waals surface area contributed by atoms with E-state index in [1.165, 1.54) is 24.4 Å². The van der Waals surface area contributed by atoms with Gasteiger partial charge in [0.25, 0.3) is 11.8 Å². The molecule has 1 atom stereocenters. The van der Waals surface area contributed by atoms with Crippen molar-refractivity contribution in [3.8, 4) is 0 Å². The lowest BCUT2D eigenvalue weighted by Crippen LogP contribution is -2.52. The zero-order valence-electron chi connectivity index (χ0n) is 16.0. The fraction of sp³-hybridized carbons (Fsp3) is 0.316. The van der Waals surface area contributed by atoms with Gasteiger partial charge in [-0.3, -0.25) is 25.4 Å². The number of carbonyl (C=O) groups is 2. The number of sulfonamides is 1. The van der Waals surface area contributed by atoms with Gasteiger partial charge in [-0.1, -0.05) is 37.6 Å². The molecule has 1 heterocycles. The minimum absolute atomic E-state index is 0.0444. The fourth-order valence-electron chi connectivity index (χ4n) is 2.42. The number of nitrogens with zero attached hydrogens (tertiary/aromatic N) is 1. The zero-order valence-corrected chi connectivity index (χ0v) is 16.8. The number of aryl methyl sites for hydroxylation is 1. The molecule has 28 heavy (non-hydrogen) atoms. The first kappa shape index (κ1) is 21.5. The molecule has 2 aromatic rings. The Labute approximate surface area is 164 Å². The van der Waals surface area contributed by atoms with Gasteiger partial charge in [-0.25, -0.2) is 8.42 Å². The van der Waals surface area contributed by atoms with E-state index in [4.69, 9.17) is 0 Å². The molecule has 1 aromatic heterocycles. The number of aromatic nitrogens is 1. The summed E-state index contributed by atoms with van der Waals surface area (Å²) in [5.41, 5.74) is 5.57. The number of hydrazine groups is 1. The monoisotopic (exact) mass is 404 g/mol. The van der Waals surface area contributed by atoms with Crippen molar-refractivity contribution in [3.63, 3.8) is 0 Å². The van der Waals surface area contributed by atoms with Gasteiger partial charge in [0, 0.05) is 6.20 Å². The molecule has 2 rings (SSSR count). The van der Waals surface area contributed by atoms with Crippen molar-refractivity contribution in [3.05, 3.63) is 59.9 Å². The summed E-state index contributed by atoms with van der Waals surface area (Å²) in [6.07, 6.45) is 1.71. The van der Waals surface area contributed by atoms with Crippen molar-refractivity contribution >= 4 is 21.8 Å². The second-order valence-electron chi connectivity index (χ2n) is 6.77. The SMILES string of the molecule is Cc1ccc(S(=O)(=O)NC(CC(C)C)C(=O)NNC(=O)c2ccccn2)cc1. The van der Waals surface area contributed by atoms with Gasteiger partial charge in [0.15, 0.2) is 0 Å². The summed E-state index contributed by atoms with van der Waals surface area (Å²) in [5, 5.41) is 0. The minimum Gasteiger partial charge on any atom is -0.271 e. The number of hydrogen-bond donors (Lipinski definition) is 3. The Morgan fingerprint density at radius 1 is 1.04 bits per heavy atom. The van der Waals surface area contributed by atoms with E-state index in [-0.39, 0.29) is 22.9 Å². The first-order chi connectivity index (χ1) is 13.2. The molecule has 0 aliphatic rings.